The SMILES string of the molecule is NC(=O)CN1[C@H](c2ccccc2F)C[C@H]2NC(=O)CCCC[C@@H]21. The fraction of sp³-hybridized carbons (Fsp3) is 0.529. The number of nitrogens with one attached hydrogen (secondary N) is 1. The largest absolute Gasteiger partial charge is 0.369 e. The Balaban J connectivity index is 1.92. The van der Waals surface area contributed by atoms with Gasteiger partial charge in [-0.1, -0.05) is 24.6 Å². The van der Waals surface area contributed by atoms with Crippen LogP contribution in [-0.4, -0.2) is 35.3 Å². The second-order valence-corrected chi connectivity index (χ2v) is 6.40. The van der Waals surface area contributed by atoms with Gasteiger partial charge in [-0.25, -0.2) is 4.39 Å². The molecule has 5 nitrogen and oxygen atoms in total. The smallest absolute Gasteiger partial charge is 0.231 e. The molecule has 0 spiro atoms. The molecule has 2 aliphatic rings. The van der Waals surface area contributed by atoms with Crippen molar-refractivity contribution in [1.82, 2.24) is 10.2 Å². The molecule has 2 aliphatic heterocycles. The molecule has 0 aromatic heterocycles. The minimum Gasteiger partial charge on any atom is -0.369 e. The second kappa shape index (κ2) is 6.66. The number of carbonyl (C=O) groups excluding carboxylic acids is 2. The summed E-state index contributed by atoms with van der Waals surface area (Å²) in [4.78, 5) is 25.4. The van der Waals surface area contributed by atoms with Crippen LogP contribution in [0.2, 0.25) is 0 Å². The summed E-state index contributed by atoms with van der Waals surface area (Å²) in [6.45, 7) is 0.0794. The zero-order valence-corrected chi connectivity index (χ0v) is 13.0. The molecule has 2 saturated heterocycles. The van der Waals surface area contributed by atoms with Crippen LogP contribution >= 0.6 is 0 Å². The molecule has 3 atom stereocenters. The number of halogens is 1. The van der Waals surface area contributed by atoms with Gasteiger partial charge in [0.05, 0.1) is 6.54 Å². The first kappa shape index (κ1) is 15.9. The Bertz CT molecular complexity index is 607. The molecule has 0 bridgehead atoms. The third-order valence-corrected chi connectivity index (χ3v) is 4.87. The summed E-state index contributed by atoms with van der Waals surface area (Å²) in [5.41, 5.74) is 5.97. The second-order valence-electron chi connectivity index (χ2n) is 6.40. The van der Waals surface area contributed by atoms with Crippen LogP contribution in [0.1, 0.15) is 43.7 Å². The van der Waals surface area contributed by atoms with Crippen molar-refractivity contribution in [2.75, 3.05) is 6.54 Å². The monoisotopic (exact) mass is 319 g/mol. The molecule has 0 unspecified atom stereocenters. The third-order valence-electron chi connectivity index (χ3n) is 4.87. The Labute approximate surface area is 135 Å². The standard InChI is InChI=1S/C17H22FN3O2/c18-12-6-2-1-5-11(12)15-9-13-14(21(15)10-16(19)22)7-3-4-8-17(23)20-13/h1-2,5-6,13-15H,3-4,7-10H2,(H2,19,22)(H,20,23)/t13-,14+,15+/m1/s1. The maximum atomic E-state index is 14.2. The van der Waals surface area contributed by atoms with Gasteiger partial charge in [0.25, 0.3) is 0 Å². The summed E-state index contributed by atoms with van der Waals surface area (Å²) in [5.74, 6) is -0.680. The van der Waals surface area contributed by atoms with E-state index in [0.29, 0.717) is 18.4 Å². The summed E-state index contributed by atoms with van der Waals surface area (Å²) in [7, 11) is 0. The fourth-order valence-electron chi connectivity index (χ4n) is 3.89. The number of amides is 2. The number of primary amides is 1. The molecule has 0 saturated carbocycles. The van der Waals surface area contributed by atoms with E-state index in [1.54, 1.807) is 18.2 Å². The molecule has 6 heteroatoms. The first-order valence-electron chi connectivity index (χ1n) is 8.14. The van der Waals surface area contributed by atoms with E-state index in [1.165, 1.54) is 6.07 Å². The van der Waals surface area contributed by atoms with E-state index in [2.05, 4.69) is 5.32 Å². The highest BCUT2D eigenvalue weighted by Crippen LogP contribution is 2.39. The zero-order chi connectivity index (χ0) is 16.4. The highest BCUT2D eigenvalue weighted by Gasteiger charge is 2.43. The average molecular weight is 319 g/mol. The number of likely N-dealkylation sites (tertiary alicyclic amines) is 1. The molecular formula is C17H22FN3O2. The van der Waals surface area contributed by atoms with Crippen molar-refractivity contribution >= 4 is 11.8 Å². The van der Waals surface area contributed by atoms with Crippen LogP contribution in [0.4, 0.5) is 4.39 Å². The first-order valence-corrected chi connectivity index (χ1v) is 8.14. The Morgan fingerprint density at radius 2 is 2.13 bits per heavy atom. The lowest BCUT2D eigenvalue weighted by molar-refractivity contribution is -0.122. The molecule has 3 rings (SSSR count). The van der Waals surface area contributed by atoms with E-state index in [9.17, 15) is 14.0 Å². The van der Waals surface area contributed by atoms with Gasteiger partial charge in [0.2, 0.25) is 11.8 Å². The number of benzene rings is 1. The molecule has 2 heterocycles. The number of fused-ring (bicyclic) bond motifs is 1. The Hall–Kier alpha value is -1.95. The van der Waals surface area contributed by atoms with E-state index in [1.807, 2.05) is 4.90 Å². The predicted molar refractivity (Wildman–Crippen MR) is 83.8 cm³/mol. The summed E-state index contributed by atoms with van der Waals surface area (Å²) in [5, 5.41) is 3.05. The molecule has 3 N–H and O–H groups in total. The highest BCUT2D eigenvalue weighted by molar-refractivity contribution is 5.77. The van der Waals surface area contributed by atoms with Crippen LogP contribution in [0.3, 0.4) is 0 Å². The van der Waals surface area contributed by atoms with Crippen molar-refractivity contribution in [2.24, 2.45) is 5.73 Å². The van der Waals surface area contributed by atoms with E-state index < -0.39 is 5.91 Å². The van der Waals surface area contributed by atoms with Crippen molar-refractivity contribution in [3.63, 3.8) is 0 Å². The maximum Gasteiger partial charge on any atom is 0.231 e. The van der Waals surface area contributed by atoms with Gasteiger partial charge in [-0.2, -0.15) is 0 Å². The van der Waals surface area contributed by atoms with Gasteiger partial charge in [-0.05, 0) is 25.3 Å². The number of hydrogen-bond donors (Lipinski definition) is 2. The van der Waals surface area contributed by atoms with Crippen LogP contribution in [0.15, 0.2) is 24.3 Å². The summed E-state index contributed by atoms with van der Waals surface area (Å²) in [6, 6.07) is 6.34. The van der Waals surface area contributed by atoms with Crippen LogP contribution < -0.4 is 11.1 Å². The predicted octanol–water partition coefficient (Wildman–Crippen LogP) is 1.49. The maximum absolute atomic E-state index is 14.2. The van der Waals surface area contributed by atoms with Crippen molar-refractivity contribution in [1.29, 1.82) is 0 Å². The van der Waals surface area contributed by atoms with Crippen LogP contribution in [0, 0.1) is 5.82 Å². The number of hydrogen-bond acceptors (Lipinski definition) is 3. The molecule has 2 amide bonds. The van der Waals surface area contributed by atoms with Gasteiger partial charge in [0, 0.05) is 30.1 Å². The number of nitrogens with zero attached hydrogens (tertiary/aromatic N) is 1. The molecule has 124 valence electrons. The normalized spacial score (nSPS) is 28.6. The molecule has 0 aliphatic carbocycles. The lowest BCUT2D eigenvalue weighted by Gasteiger charge is -2.32. The summed E-state index contributed by atoms with van der Waals surface area (Å²) >= 11 is 0. The van der Waals surface area contributed by atoms with Crippen molar-refractivity contribution in [2.45, 2.75) is 50.2 Å². The van der Waals surface area contributed by atoms with Crippen molar-refractivity contribution in [3.05, 3.63) is 35.6 Å². The van der Waals surface area contributed by atoms with Crippen LogP contribution in [-0.2, 0) is 9.59 Å². The number of nitrogens with two attached hydrogens (primary N) is 1. The van der Waals surface area contributed by atoms with E-state index >= 15 is 0 Å². The van der Waals surface area contributed by atoms with Gasteiger partial charge in [0.15, 0.2) is 0 Å². The molecule has 1 aromatic carbocycles. The number of rotatable bonds is 3. The number of carbonyl (C=O) groups is 2. The fourth-order valence-corrected chi connectivity index (χ4v) is 3.89. The first-order chi connectivity index (χ1) is 11.1. The minimum atomic E-state index is -0.430. The van der Waals surface area contributed by atoms with E-state index in [-0.39, 0.29) is 36.4 Å². The lowest BCUT2D eigenvalue weighted by Crippen LogP contribution is -2.48. The topological polar surface area (TPSA) is 75.4 Å². The van der Waals surface area contributed by atoms with Gasteiger partial charge >= 0.3 is 0 Å². The van der Waals surface area contributed by atoms with Crippen molar-refractivity contribution < 1.29 is 14.0 Å². The van der Waals surface area contributed by atoms with E-state index in [4.69, 9.17) is 5.73 Å². The Morgan fingerprint density at radius 3 is 2.87 bits per heavy atom. The van der Waals surface area contributed by atoms with Crippen LogP contribution in [0.5, 0.6) is 0 Å². The average Bonchev–Trinajstić information content (AvgIpc) is 2.78. The van der Waals surface area contributed by atoms with Crippen LogP contribution in [0.25, 0.3) is 0 Å². The Kier molecular flexibility index (Phi) is 4.61. The minimum absolute atomic E-state index is 0.0244. The van der Waals surface area contributed by atoms with Gasteiger partial charge in [-0.3, -0.25) is 14.5 Å². The summed E-state index contributed by atoms with van der Waals surface area (Å²) < 4.78 is 14.2. The highest BCUT2D eigenvalue weighted by atomic mass is 19.1. The third kappa shape index (κ3) is 3.37. The Morgan fingerprint density at radius 1 is 1.35 bits per heavy atom. The molecular weight excluding hydrogens is 297 g/mol. The summed E-state index contributed by atoms with van der Waals surface area (Å²) in [6.07, 6.45) is 3.77. The molecule has 0 radical (unpaired) electrons. The molecule has 1 aromatic rings. The quantitative estimate of drug-likeness (QED) is 0.886. The van der Waals surface area contributed by atoms with Gasteiger partial charge in [-0.15, -0.1) is 0 Å². The van der Waals surface area contributed by atoms with Gasteiger partial charge < -0.3 is 11.1 Å². The van der Waals surface area contributed by atoms with E-state index in [0.717, 1.165) is 19.3 Å². The molecule has 2 fully saturated rings. The molecule has 23 heavy (non-hydrogen) atoms. The zero-order valence-electron chi connectivity index (χ0n) is 13.0. The van der Waals surface area contributed by atoms with Crippen molar-refractivity contribution in [3.8, 4) is 0 Å². The lowest BCUT2D eigenvalue weighted by atomic mass is 9.97. The van der Waals surface area contributed by atoms with Gasteiger partial charge in [0.1, 0.15) is 5.82 Å².